The Morgan fingerprint density at radius 1 is 0.960 bits per heavy atom. The van der Waals surface area contributed by atoms with Crippen molar-refractivity contribution in [2.24, 2.45) is 5.41 Å². The number of hydrogen-bond acceptors (Lipinski definition) is 3. The zero-order valence-electron chi connectivity index (χ0n) is 16.7. The largest absolute Gasteiger partial charge is 0.543 e. The Morgan fingerprint density at radius 2 is 1.60 bits per heavy atom. The average Bonchev–Trinajstić information content (AvgIpc) is 2.44. The number of hydrogen-bond donors (Lipinski definition) is 0. The van der Waals surface area contributed by atoms with Gasteiger partial charge in [-0.05, 0) is 68.6 Å². The minimum atomic E-state index is -1.91. The van der Waals surface area contributed by atoms with Gasteiger partial charge < -0.3 is 9.16 Å². The lowest BCUT2D eigenvalue weighted by atomic mass is 9.97. The van der Waals surface area contributed by atoms with Gasteiger partial charge in [-0.1, -0.05) is 32.9 Å². The van der Waals surface area contributed by atoms with E-state index in [1.165, 1.54) is 0 Å². The Morgan fingerprint density at radius 3 is 2.16 bits per heavy atom. The van der Waals surface area contributed by atoms with Crippen LogP contribution in [0.15, 0.2) is 36.4 Å². The standard InChI is InChI=1S/C21H30O3Si/c1-20(2,3)19(22)23-16-12-13-17-15(14-16)10-9-11-18(17)24-25(7,8)21(4,5)6/h9-14H,1-8H3. The number of rotatable bonds is 3. The van der Waals surface area contributed by atoms with E-state index in [2.05, 4.69) is 33.9 Å². The zero-order chi connectivity index (χ0) is 19.0. The van der Waals surface area contributed by atoms with Crippen LogP contribution in [0.25, 0.3) is 10.8 Å². The van der Waals surface area contributed by atoms with Crippen molar-refractivity contribution in [1.29, 1.82) is 0 Å². The normalized spacial score (nSPS) is 13.0. The van der Waals surface area contributed by atoms with E-state index in [0.29, 0.717) is 5.75 Å². The molecule has 0 aromatic heterocycles. The molecule has 0 saturated heterocycles. The molecular formula is C21H30O3Si. The van der Waals surface area contributed by atoms with E-state index in [1.807, 2.05) is 57.2 Å². The second kappa shape index (κ2) is 6.49. The van der Waals surface area contributed by atoms with Crippen molar-refractivity contribution in [1.82, 2.24) is 0 Å². The molecule has 0 saturated carbocycles. The van der Waals surface area contributed by atoms with Gasteiger partial charge in [0.25, 0.3) is 8.32 Å². The maximum absolute atomic E-state index is 12.1. The quantitative estimate of drug-likeness (QED) is 0.373. The molecule has 25 heavy (non-hydrogen) atoms. The molecule has 0 spiro atoms. The van der Waals surface area contributed by atoms with Crippen molar-refractivity contribution in [3.8, 4) is 11.5 Å². The van der Waals surface area contributed by atoms with E-state index in [-0.39, 0.29) is 11.0 Å². The van der Waals surface area contributed by atoms with Gasteiger partial charge in [0.15, 0.2) is 0 Å². The Bertz CT molecular complexity index is 780. The molecule has 2 aromatic carbocycles. The molecular weight excluding hydrogens is 328 g/mol. The minimum Gasteiger partial charge on any atom is -0.543 e. The molecule has 0 radical (unpaired) electrons. The summed E-state index contributed by atoms with van der Waals surface area (Å²) in [4.78, 5) is 12.1. The summed E-state index contributed by atoms with van der Waals surface area (Å²) < 4.78 is 12.0. The lowest BCUT2D eigenvalue weighted by molar-refractivity contribution is -0.142. The Kier molecular flexibility index (Phi) is 5.06. The maximum atomic E-state index is 12.1. The fraction of sp³-hybridized carbons (Fsp3) is 0.476. The van der Waals surface area contributed by atoms with Gasteiger partial charge in [-0.25, -0.2) is 0 Å². The van der Waals surface area contributed by atoms with Crippen molar-refractivity contribution < 1.29 is 14.0 Å². The molecule has 0 fully saturated rings. The molecule has 3 nitrogen and oxygen atoms in total. The number of esters is 1. The van der Waals surface area contributed by atoms with Crippen molar-refractivity contribution >= 4 is 25.1 Å². The van der Waals surface area contributed by atoms with Crippen LogP contribution in [0.3, 0.4) is 0 Å². The molecule has 0 atom stereocenters. The summed E-state index contributed by atoms with van der Waals surface area (Å²) in [5.41, 5.74) is -0.526. The second-order valence-corrected chi connectivity index (χ2v) is 13.9. The van der Waals surface area contributed by atoms with Crippen molar-refractivity contribution in [3.63, 3.8) is 0 Å². The van der Waals surface area contributed by atoms with Crippen LogP contribution in [0.4, 0.5) is 0 Å². The lowest BCUT2D eigenvalue weighted by Crippen LogP contribution is -2.43. The van der Waals surface area contributed by atoms with Gasteiger partial charge in [-0.3, -0.25) is 4.79 Å². The fourth-order valence-corrected chi connectivity index (χ4v) is 3.11. The van der Waals surface area contributed by atoms with Crippen LogP contribution < -0.4 is 9.16 Å². The van der Waals surface area contributed by atoms with E-state index in [4.69, 9.17) is 9.16 Å². The maximum Gasteiger partial charge on any atom is 0.316 e. The van der Waals surface area contributed by atoms with Crippen LogP contribution in [0, 0.1) is 5.41 Å². The number of carbonyl (C=O) groups excluding carboxylic acids is 1. The summed E-state index contributed by atoms with van der Waals surface area (Å²) in [5, 5.41) is 2.19. The van der Waals surface area contributed by atoms with Gasteiger partial charge in [-0.2, -0.15) is 0 Å². The van der Waals surface area contributed by atoms with Gasteiger partial charge >= 0.3 is 5.97 Å². The molecule has 0 aliphatic rings. The number of ether oxygens (including phenoxy) is 1. The molecule has 0 unspecified atom stereocenters. The van der Waals surface area contributed by atoms with E-state index in [1.54, 1.807) is 0 Å². The predicted octanol–water partition coefficient (Wildman–Crippen LogP) is 6.18. The lowest BCUT2D eigenvalue weighted by Gasteiger charge is -2.36. The molecule has 2 aromatic rings. The van der Waals surface area contributed by atoms with E-state index < -0.39 is 13.7 Å². The monoisotopic (exact) mass is 358 g/mol. The highest BCUT2D eigenvalue weighted by Crippen LogP contribution is 2.39. The highest BCUT2D eigenvalue weighted by molar-refractivity contribution is 6.74. The molecule has 136 valence electrons. The summed E-state index contributed by atoms with van der Waals surface area (Å²) in [6.45, 7) is 16.7. The van der Waals surface area contributed by atoms with Gasteiger partial charge in [0.2, 0.25) is 0 Å². The second-order valence-electron chi connectivity index (χ2n) is 9.14. The van der Waals surface area contributed by atoms with Crippen LogP contribution in [0.1, 0.15) is 41.5 Å². The first-order valence-corrected chi connectivity index (χ1v) is 11.7. The number of fused-ring (bicyclic) bond motifs is 1. The van der Waals surface area contributed by atoms with E-state index in [9.17, 15) is 4.79 Å². The van der Waals surface area contributed by atoms with Crippen LogP contribution >= 0.6 is 0 Å². The van der Waals surface area contributed by atoms with Crippen LogP contribution in [0.2, 0.25) is 18.1 Å². The van der Waals surface area contributed by atoms with Gasteiger partial charge in [0.05, 0.1) is 5.41 Å². The zero-order valence-corrected chi connectivity index (χ0v) is 17.7. The van der Waals surface area contributed by atoms with Crippen LogP contribution in [-0.2, 0) is 4.79 Å². The highest BCUT2D eigenvalue weighted by Gasteiger charge is 2.39. The Labute approximate surface area is 152 Å². The highest BCUT2D eigenvalue weighted by atomic mass is 28.4. The predicted molar refractivity (Wildman–Crippen MR) is 107 cm³/mol. The van der Waals surface area contributed by atoms with E-state index >= 15 is 0 Å². The van der Waals surface area contributed by atoms with Crippen molar-refractivity contribution in [2.75, 3.05) is 0 Å². The number of benzene rings is 2. The summed E-state index contributed by atoms with van der Waals surface area (Å²) in [6, 6.07) is 11.7. The molecule has 0 heterocycles. The first-order valence-electron chi connectivity index (χ1n) is 8.75. The fourth-order valence-electron chi connectivity index (χ4n) is 2.07. The Hall–Kier alpha value is -1.81. The molecule has 2 rings (SSSR count). The van der Waals surface area contributed by atoms with Crippen LogP contribution in [0.5, 0.6) is 11.5 Å². The summed E-state index contributed by atoms with van der Waals surface area (Å²) in [6.07, 6.45) is 0. The third kappa shape index (κ3) is 4.43. The molecule has 4 heteroatoms. The topological polar surface area (TPSA) is 35.5 Å². The third-order valence-corrected chi connectivity index (χ3v) is 9.15. The average molecular weight is 359 g/mol. The van der Waals surface area contributed by atoms with E-state index in [0.717, 1.165) is 16.5 Å². The summed E-state index contributed by atoms with van der Waals surface area (Å²) in [7, 11) is -1.91. The van der Waals surface area contributed by atoms with Gasteiger partial charge in [0.1, 0.15) is 11.5 Å². The number of carbonyl (C=O) groups is 1. The first kappa shape index (κ1) is 19.5. The molecule has 0 bridgehead atoms. The van der Waals surface area contributed by atoms with Crippen LogP contribution in [-0.4, -0.2) is 14.3 Å². The molecule has 0 aliphatic carbocycles. The van der Waals surface area contributed by atoms with Crippen molar-refractivity contribution in [3.05, 3.63) is 36.4 Å². The summed E-state index contributed by atoms with van der Waals surface area (Å²) in [5.74, 6) is 1.23. The SMILES string of the molecule is CC(C)(C)C(=O)Oc1ccc2c(O[Si](C)(C)C(C)(C)C)cccc2c1. The molecule has 0 amide bonds. The third-order valence-electron chi connectivity index (χ3n) is 4.81. The van der Waals surface area contributed by atoms with Gasteiger partial charge in [-0.15, -0.1) is 0 Å². The summed E-state index contributed by atoms with van der Waals surface area (Å²) >= 11 is 0. The van der Waals surface area contributed by atoms with Crippen molar-refractivity contribution in [2.45, 2.75) is 59.7 Å². The molecule has 0 aliphatic heterocycles. The smallest absolute Gasteiger partial charge is 0.316 e. The first-order chi connectivity index (χ1) is 11.3. The Balaban J connectivity index is 2.36. The van der Waals surface area contributed by atoms with Gasteiger partial charge in [0, 0.05) is 5.39 Å². The minimum absolute atomic E-state index is 0.136. The molecule has 0 N–H and O–H groups in total.